The molecular weight excluding hydrogens is 224 g/mol. The summed E-state index contributed by atoms with van der Waals surface area (Å²) in [7, 11) is 2.03. The summed E-state index contributed by atoms with van der Waals surface area (Å²) >= 11 is 0. The van der Waals surface area contributed by atoms with Gasteiger partial charge in [0, 0.05) is 29.2 Å². The second-order valence-corrected chi connectivity index (χ2v) is 5.56. The highest BCUT2D eigenvalue weighted by atomic mass is 16.3. The number of hydrogen-bond donors (Lipinski definition) is 2. The van der Waals surface area contributed by atoms with Gasteiger partial charge in [-0.15, -0.1) is 0 Å². The average Bonchev–Trinajstić information content (AvgIpc) is 2.85. The molecule has 2 heterocycles. The van der Waals surface area contributed by atoms with Crippen LogP contribution in [0.25, 0.3) is 10.9 Å². The highest BCUT2D eigenvalue weighted by molar-refractivity contribution is 5.91. The van der Waals surface area contributed by atoms with Crippen molar-refractivity contribution in [3.63, 3.8) is 0 Å². The van der Waals surface area contributed by atoms with E-state index < -0.39 is 0 Å². The molecule has 0 spiro atoms. The van der Waals surface area contributed by atoms with Crippen LogP contribution in [0.1, 0.15) is 31.0 Å². The van der Waals surface area contributed by atoms with Gasteiger partial charge in [-0.05, 0) is 39.3 Å². The van der Waals surface area contributed by atoms with Crippen molar-refractivity contribution < 1.29 is 5.11 Å². The Morgan fingerprint density at radius 3 is 2.83 bits per heavy atom. The monoisotopic (exact) mass is 244 g/mol. The molecule has 2 N–H and O–H groups in total. The van der Waals surface area contributed by atoms with E-state index in [0.717, 1.165) is 18.5 Å². The van der Waals surface area contributed by atoms with Gasteiger partial charge in [-0.3, -0.25) is 0 Å². The van der Waals surface area contributed by atoms with Crippen LogP contribution in [0.5, 0.6) is 5.75 Å². The fraction of sp³-hybridized carbons (Fsp3) is 0.467. The Hall–Kier alpha value is -1.48. The van der Waals surface area contributed by atoms with Crippen LogP contribution in [-0.2, 0) is 12.6 Å². The Balaban J connectivity index is 2.36. The van der Waals surface area contributed by atoms with E-state index in [-0.39, 0.29) is 5.54 Å². The second kappa shape index (κ2) is 3.75. The van der Waals surface area contributed by atoms with E-state index in [1.165, 1.54) is 23.1 Å². The zero-order chi connectivity index (χ0) is 12.9. The molecule has 96 valence electrons. The van der Waals surface area contributed by atoms with Gasteiger partial charge in [-0.2, -0.15) is 0 Å². The summed E-state index contributed by atoms with van der Waals surface area (Å²) in [6, 6.07) is 5.80. The van der Waals surface area contributed by atoms with Crippen LogP contribution in [0.3, 0.4) is 0 Å². The predicted molar refractivity (Wildman–Crippen MR) is 73.9 cm³/mol. The average molecular weight is 244 g/mol. The Morgan fingerprint density at radius 1 is 1.39 bits per heavy atom. The quantitative estimate of drug-likeness (QED) is 0.809. The van der Waals surface area contributed by atoms with Crippen LogP contribution >= 0.6 is 0 Å². The molecule has 1 aliphatic rings. The highest BCUT2D eigenvalue weighted by Crippen LogP contribution is 2.40. The summed E-state index contributed by atoms with van der Waals surface area (Å²) in [5.41, 5.74) is 3.56. The summed E-state index contributed by atoms with van der Waals surface area (Å²) in [6.07, 6.45) is 2.37. The van der Waals surface area contributed by atoms with Crippen molar-refractivity contribution in [2.24, 2.45) is 7.05 Å². The van der Waals surface area contributed by atoms with Crippen molar-refractivity contribution in [2.75, 3.05) is 6.54 Å². The molecular formula is C15H20N2O. The predicted octanol–water partition coefficient (Wildman–Crippen LogP) is 2.79. The summed E-state index contributed by atoms with van der Waals surface area (Å²) in [4.78, 5) is 0. The first-order chi connectivity index (χ1) is 8.54. The molecule has 0 radical (unpaired) electrons. The molecule has 3 rings (SSSR count). The van der Waals surface area contributed by atoms with Crippen LogP contribution in [-0.4, -0.2) is 16.2 Å². The summed E-state index contributed by atoms with van der Waals surface area (Å²) in [5, 5.41) is 14.9. The lowest BCUT2D eigenvalue weighted by molar-refractivity contribution is 0.434. The molecule has 3 heteroatoms. The van der Waals surface area contributed by atoms with Crippen molar-refractivity contribution >= 4 is 10.9 Å². The number of phenols is 1. The molecule has 3 nitrogen and oxygen atoms in total. The number of aryl methyl sites for hydroxylation is 1. The van der Waals surface area contributed by atoms with Gasteiger partial charge >= 0.3 is 0 Å². The minimum Gasteiger partial charge on any atom is -0.506 e. The van der Waals surface area contributed by atoms with Gasteiger partial charge in [-0.25, -0.2) is 0 Å². The van der Waals surface area contributed by atoms with Crippen molar-refractivity contribution in [2.45, 2.75) is 32.2 Å². The highest BCUT2D eigenvalue weighted by Gasteiger charge is 2.34. The zero-order valence-electron chi connectivity index (χ0n) is 11.2. The van der Waals surface area contributed by atoms with Crippen LogP contribution < -0.4 is 5.32 Å². The third-order valence-electron chi connectivity index (χ3n) is 4.40. The van der Waals surface area contributed by atoms with Crippen LogP contribution in [0.2, 0.25) is 0 Å². The fourth-order valence-corrected chi connectivity index (χ4v) is 3.42. The van der Waals surface area contributed by atoms with Gasteiger partial charge in [0.05, 0.1) is 5.52 Å². The van der Waals surface area contributed by atoms with Gasteiger partial charge in [0.15, 0.2) is 0 Å². The molecule has 0 saturated carbocycles. The zero-order valence-corrected chi connectivity index (χ0v) is 11.2. The van der Waals surface area contributed by atoms with Crippen LogP contribution in [0.15, 0.2) is 18.2 Å². The van der Waals surface area contributed by atoms with Crippen LogP contribution in [0.4, 0.5) is 0 Å². The molecule has 1 aromatic heterocycles. The van der Waals surface area contributed by atoms with E-state index in [2.05, 4.69) is 29.8 Å². The summed E-state index contributed by atoms with van der Waals surface area (Å²) < 4.78 is 2.10. The number of hydrogen-bond acceptors (Lipinski definition) is 2. The number of nitrogens with zero attached hydrogens (tertiary/aromatic N) is 1. The lowest BCUT2D eigenvalue weighted by atomic mass is 9.88. The topological polar surface area (TPSA) is 37.2 Å². The second-order valence-electron chi connectivity index (χ2n) is 5.56. The van der Waals surface area contributed by atoms with E-state index >= 15 is 0 Å². The molecule has 1 fully saturated rings. The number of rotatable bonds is 1. The Morgan fingerprint density at radius 2 is 2.17 bits per heavy atom. The third-order valence-corrected chi connectivity index (χ3v) is 4.40. The fourth-order valence-electron chi connectivity index (χ4n) is 3.42. The first-order valence-corrected chi connectivity index (χ1v) is 6.57. The van der Waals surface area contributed by atoms with E-state index in [0.29, 0.717) is 5.75 Å². The smallest absolute Gasteiger partial charge is 0.139 e. The number of phenolic OH excluding ortho intramolecular Hbond substituents is 1. The number of aromatic nitrogens is 1. The van der Waals surface area contributed by atoms with E-state index in [1.807, 2.05) is 13.1 Å². The standard InChI is InChI=1S/C15H20N2O/c1-10-13(15(2)8-5-9-16-15)11-6-4-7-12(18)14(11)17(10)3/h4,6-7,16,18H,5,8-9H2,1-3H3. The van der Waals surface area contributed by atoms with Crippen molar-refractivity contribution in [1.29, 1.82) is 0 Å². The van der Waals surface area contributed by atoms with Gasteiger partial charge in [0.2, 0.25) is 0 Å². The van der Waals surface area contributed by atoms with Gasteiger partial charge in [0.1, 0.15) is 5.75 Å². The van der Waals surface area contributed by atoms with E-state index in [1.54, 1.807) is 6.07 Å². The molecule has 1 aliphatic heterocycles. The number of aromatic hydroxyl groups is 1. The molecule has 0 aliphatic carbocycles. The maximum atomic E-state index is 10.1. The third kappa shape index (κ3) is 1.40. The van der Waals surface area contributed by atoms with Gasteiger partial charge in [-0.1, -0.05) is 12.1 Å². The SMILES string of the molecule is Cc1c(C2(C)CCCN2)c2cccc(O)c2n1C. The van der Waals surface area contributed by atoms with Gasteiger partial charge in [0.25, 0.3) is 0 Å². The minimum absolute atomic E-state index is 0.0391. The maximum absolute atomic E-state index is 10.1. The Labute approximate surface area is 107 Å². The van der Waals surface area contributed by atoms with Crippen molar-refractivity contribution in [3.8, 4) is 5.75 Å². The minimum atomic E-state index is 0.0391. The Kier molecular flexibility index (Phi) is 2.42. The normalized spacial score (nSPS) is 23.9. The number of para-hydroxylation sites is 1. The first-order valence-electron chi connectivity index (χ1n) is 6.57. The number of nitrogens with one attached hydrogen (secondary N) is 1. The molecule has 1 aromatic carbocycles. The Bertz CT molecular complexity index is 606. The molecule has 1 saturated heterocycles. The van der Waals surface area contributed by atoms with Crippen molar-refractivity contribution in [1.82, 2.24) is 9.88 Å². The largest absolute Gasteiger partial charge is 0.506 e. The summed E-state index contributed by atoms with van der Waals surface area (Å²) in [6.45, 7) is 5.48. The van der Waals surface area contributed by atoms with Gasteiger partial charge < -0.3 is 15.0 Å². The molecule has 1 atom stereocenters. The van der Waals surface area contributed by atoms with E-state index in [4.69, 9.17) is 0 Å². The summed E-state index contributed by atoms with van der Waals surface area (Å²) in [5.74, 6) is 0.367. The number of benzene rings is 1. The van der Waals surface area contributed by atoms with Crippen molar-refractivity contribution in [3.05, 3.63) is 29.5 Å². The van der Waals surface area contributed by atoms with Crippen LogP contribution in [0, 0.1) is 6.92 Å². The van der Waals surface area contributed by atoms with E-state index in [9.17, 15) is 5.11 Å². The lowest BCUT2D eigenvalue weighted by Crippen LogP contribution is -2.33. The molecule has 0 bridgehead atoms. The first kappa shape index (κ1) is 11.6. The molecule has 0 amide bonds. The molecule has 18 heavy (non-hydrogen) atoms. The molecule has 2 aromatic rings. The lowest BCUT2D eigenvalue weighted by Gasteiger charge is -2.25. The maximum Gasteiger partial charge on any atom is 0.139 e. The number of fused-ring (bicyclic) bond motifs is 1. The molecule has 1 unspecified atom stereocenters.